The number of aromatic nitrogens is 1. The summed E-state index contributed by atoms with van der Waals surface area (Å²) >= 11 is 1.23. The highest BCUT2D eigenvalue weighted by molar-refractivity contribution is 7.91. The van der Waals surface area contributed by atoms with Gasteiger partial charge in [0.25, 0.3) is 0 Å². The normalized spacial score (nSPS) is 11.1. The van der Waals surface area contributed by atoms with Crippen LogP contribution in [0, 0.1) is 0 Å². The van der Waals surface area contributed by atoms with Crippen LogP contribution in [0.15, 0.2) is 83.8 Å². The largest absolute Gasteiger partial charge is 0.497 e. The minimum Gasteiger partial charge on any atom is -0.497 e. The molecule has 4 rings (SSSR count). The molecule has 7 nitrogen and oxygen atoms in total. The fourth-order valence-corrected chi connectivity index (χ4v) is 5.05. The van der Waals surface area contributed by atoms with Crippen LogP contribution < -0.4 is 14.8 Å². The van der Waals surface area contributed by atoms with Crippen molar-refractivity contribution in [2.45, 2.75) is 18.2 Å². The quantitative estimate of drug-likeness (QED) is 0.304. The minimum atomic E-state index is -3.28. The van der Waals surface area contributed by atoms with Crippen LogP contribution in [0.4, 0.5) is 5.13 Å². The summed E-state index contributed by atoms with van der Waals surface area (Å²) in [5.74, 6) is 1.10. The van der Waals surface area contributed by atoms with Crippen molar-refractivity contribution in [2.75, 3.05) is 18.2 Å². The second-order valence-corrected chi connectivity index (χ2v) is 10.8. The number of thiazole rings is 1. The van der Waals surface area contributed by atoms with Gasteiger partial charge in [-0.2, -0.15) is 0 Å². The Morgan fingerprint density at radius 3 is 2.26 bits per heavy atom. The van der Waals surface area contributed by atoms with E-state index in [4.69, 9.17) is 9.47 Å². The number of benzene rings is 3. The van der Waals surface area contributed by atoms with Crippen LogP contribution in [-0.2, 0) is 21.1 Å². The van der Waals surface area contributed by atoms with Gasteiger partial charge in [-0.25, -0.2) is 13.4 Å². The summed E-state index contributed by atoms with van der Waals surface area (Å²) in [6.07, 6.45) is 0.0847. The number of rotatable bonds is 9. The summed E-state index contributed by atoms with van der Waals surface area (Å²) in [6.45, 7) is 1.60. The Morgan fingerprint density at radius 2 is 1.63 bits per heavy atom. The number of sulfone groups is 1. The maximum absolute atomic E-state index is 12.7. The average Bonchev–Trinajstić information content (AvgIpc) is 3.27. The lowest BCUT2D eigenvalue weighted by Gasteiger charge is -2.06. The average molecular weight is 511 g/mol. The SMILES string of the molecule is CCS(=O)(=O)c1ccc(CC(=O)Nc2nc(-c3ccccc3)c(Oc3ccc(OC)cc3)s2)cc1.[HH]. The van der Waals surface area contributed by atoms with Crippen LogP contribution in [0.3, 0.4) is 0 Å². The van der Waals surface area contributed by atoms with Crippen molar-refractivity contribution < 1.29 is 24.1 Å². The number of nitrogens with zero attached hydrogens (tertiary/aromatic N) is 1. The Morgan fingerprint density at radius 1 is 0.971 bits per heavy atom. The van der Waals surface area contributed by atoms with Crippen molar-refractivity contribution in [1.82, 2.24) is 4.98 Å². The van der Waals surface area contributed by atoms with Gasteiger partial charge >= 0.3 is 0 Å². The topological polar surface area (TPSA) is 94.6 Å². The van der Waals surface area contributed by atoms with E-state index in [1.54, 1.807) is 50.4 Å². The van der Waals surface area contributed by atoms with Gasteiger partial charge < -0.3 is 14.8 Å². The first-order valence-corrected chi connectivity index (χ1v) is 13.3. The molecule has 1 amide bonds. The lowest BCUT2D eigenvalue weighted by Crippen LogP contribution is -2.14. The number of amides is 1. The van der Waals surface area contributed by atoms with Crippen LogP contribution in [0.5, 0.6) is 16.6 Å². The molecule has 0 fully saturated rings. The summed E-state index contributed by atoms with van der Waals surface area (Å²) in [5.41, 5.74) is 2.18. The molecule has 0 unspecified atom stereocenters. The van der Waals surface area contributed by atoms with Gasteiger partial charge in [0.05, 0.1) is 24.2 Å². The Hall–Kier alpha value is -3.69. The van der Waals surface area contributed by atoms with E-state index >= 15 is 0 Å². The smallest absolute Gasteiger partial charge is 0.230 e. The highest BCUT2D eigenvalue weighted by atomic mass is 32.2. The number of nitrogens with one attached hydrogen (secondary N) is 1. The van der Waals surface area contributed by atoms with E-state index in [1.165, 1.54) is 23.5 Å². The second-order valence-electron chi connectivity index (χ2n) is 7.57. The van der Waals surface area contributed by atoms with E-state index in [0.717, 1.165) is 11.3 Å². The fraction of sp³-hybridized carbons (Fsp3) is 0.154. The van der Waals surface area contributed by atoms with Crippen molar-refractivity contribution in [3.8, 4) is 27.8 Å². The van der Waals surface area contributed by atoms with Gasteiger partial charge in [-0.05, 0) is 42.0 Å². The van der Waals surface area contributed by atoms with Gasteiger partial charge in [-0.3, -0.25) is 4.79 Å². The summed E-state index contributed by atoms with van der Waals surface area (Å²) < 4.78 is 35.3. The molecule has 0 saturated heterocycles. The van der Waals surface area contributed by atoms with Crippen molar-refractivity contribution >= 4 is 32.2 Å². The maximum atomic E-state index is 12.7. The van der Waals surface area contributed by atoms with Gasteiger partial charge in [0.1, 0.15) is 17.2 Å². The third kappa shape index (κ3) is 6.06. The molecule has 0 saturated carbocycles. The number of anilines is 1. The third-order valence-electron chi connectivity index (χ3n) is 5.19. The first-order valence-electron chi connectivity index (χ1n) is 10.9. The zero-order chi connectivity index (χ0) is 24.8. The number of carbonyl (C=O) groups excluding carboxylic acids is 1. The van der Waals surface area contributed by atoms with Crippen LogP contribution in [0.25, 0.3) is 11.3 Å². The number of carbonyl (C=O) groups is 1. The predicted molar refractivity (Wildman–Crippen MR) is 139 cm³/mol. The van der Waals surface area contributed by atoms with Crippen molar-refractivity contribution in [2.24, 2.45) is 0 Å². The molecule has 0 bridgehead atoms. The van der Waals surface area contributed by atoms with E-state index in [2.05, 4.69) is 10.3 Å². The van der Waals surface area contributed by atoms with Gasteiger partial charge in [0.15, 0.2) is 15.0 Å². The summed E-state index contributed by atoms with van der Waals surface area (Å²) in [4.78, 5) is 17.5. The molecular weight excluding hydrogens is 484 g/mol. The Balaban J connectivity index is 0.00000361. The summed E-state index contributed by atoms with van der Waals surface area (Å²) in [6, 6.07) is 23.1. The molecule has 0 spiro atoms. The Labute approximate surface area is 209 Å². The molecule has 0 aliphatic rings. The van der Waals surface area contributed by atoms with Crippen molar-refractivity contribution in [1.29, 1.82) is 0 Å². The predicted octanol–water partition coefficient (Wildman–Crippen LogP) is 5.83. The monoisotopic (exact) mass is 510 g/mol. The fourth-order valence-electron chi connectivity index (χ4n) is 3.29. The van der Waals surface area contributed by atoms with Gasteiger partial charge in [-0.15, -0.1) is 0 Å². The number of ether oxygens (including phenoxy) is 2. The highest BCUT2D eigenvalue weighted by Gasteiger charge is 2.18. The molecule has 1 aromatic heterocycles. The minimum absolute atomic E-state index is 0. The molecule has 0 aliphatic carbocycles. The van der Waals surface area contributed by atoms with Crippen molar-refractivity contribution in [3.63, 3.8) is 0 Å². The number of hydrogen-bond donors (Lipinski definition) is 1. The molecule has 3 aromatic carbocycles. The van der Waals surface area contributed by atoms with E-state index in [-0.39, 0.29) is 24.4 Å². The standard InChI is InChI=1S/C26H24N2O5S2.H2/c1-3-35(30,31)22-15-9-18(10-16-22)17-23(29)27-26-28-24(19-7-5-4-6-8-19)25(34-26)33-21-13-11-20(32-2)12-14-21;/h4-16H,3,17H2,1-2H3,(H,27,28,29);1H. The lowest BCUT2D eigenvalue weighted by molar-refractivity contribution is -0.115. The molecule has 0 radical (unpaired) electrons. The summed E-state index contributed by atoms with van der Waals surface area (Å²) in [5, 5.41) is 3.78. The molecule has 1 N–H and O–H groups in total. The van der Waals surface area contributed by atoms with E-state index in [0.29, 0.717) is 27.2 Å². The third-order valence-corrected chi connectivity index (χ3v) is 7.79. The Kier molecular flexibility index (Phi) is 7.48. The van der Waals surface area contributed by atoms with Crippen molar-refractivity contribution in [3.05, 3.63) is 84.4 Å². The first kappa shape index (κ1) is 24.4. The van der Waals surface area contributed by atoms with Crippen LogP contribution in [0.2, 0.25) is 0 Å². The van der Waals surface area contributed by atoms with Crippen LogP contribution in [0.1, 0.15) is 13.9 Å². The molecule has 1 heterocycles. The molecular formula is C26H26N2O5S2. The Bertz CT molecular complexity index is 1410. The molecule has 4 aromatic rings. The summed E-state index contributed by atoms with van der Waals surface area (Å²) in [7, 11) is -1.68. The molecule has 182 valence electrons. The zero-order valence-corrected chi connectivity index (χ0v) is 20.9. The van der Waals surface area contributed by atoms with E-state index in [1.807, 2.05) is 30.3 Å². The van der Waals surface area contributed by atoms with Gasteiger partial charge in [0.2, 0.25) is 11.0 Å². The first-order chi connectivity index (χ1) is 16.9. The van der Waals surface area contributed by atoms with Crippen LogP contribution >= 0.6 is 11.3 Å². The van der Waals surface area contributed by atoms with E-state index in [9.17, 15) is 13.2 Å². The van der Waals surface area contributed by atoms with Gasteiger partial charge in [-0.1, -0.05) is 60.7 Å². The van der Waals surface area contributed by atoms with Gasteiger partial charge in [0, 0.05) is 6.99 Å². The number of methoxy groups -OCH3 is 1. The highest BCUT2D eigenvalue weighted by Crippen LogP contribution is 2.40. The zero-order valence-electron chi connectivity index (χ0n) is 19.2. The van der Waals surface area contributed by atoms with Crippen LogP contribution in [-0.4, -0.2) is 32.2 Å². The second kappa shape index (κ2) is 10.7. The van der Waals surface area contributed by atoms with E-state index < -0.39 is 9.84 Å². The molecule has 0 atom stereocenters. The number of hydrogen-bond acceptors (Lipinski definition) is 7. The molecule has 0 aliphatic heterocycles. The molecule has 9 heteroatoms. The maximum Gasteiger partial charge on any atom is 0.230 e. The lowest BCUT2D eigenvalue weighted by atomic mass is 10.1. The molecule has 35 heavy (non-hydrogen) atoms.